The van der Waals surface area contributed by atoms with Gasteiger partial charge in [-0.1, -0.05) is 25.0 Å². The van der Waals surface area contributed by atoms with Crippen LogP contribution in [0.25, 0.3) is 32.5 Å². The Bertz CT molecular complexity index is 1740. The molecule has 0 bridgehead atoms. The highest BCUT2D eigenvalue weighted by atomic mass is 32.2. The lowest BCUT2D eigenvalue weighted by Gasteiger charge is -2.32. The fourth-order valence-electron chi connectivity index (χ4n) is 5.96. The van der Waals surface area contributed by atoms with Crippen molar-refractivity contribution in [2.24, 2.45) is 0 Å². The second-order valence-corrected chi connectivity index (χ2v) is 14.8. The molecule has 13 nitrogen and oxygen atoms in total. The van der Waals surface area contributed by atoms with E-state index in [-0.39, 0.29) is 5.91 Å². The normalized spacial score (nSPS) is 17.0. The number of sulfonamides is 1. The molecule has 1 amide bonds. The van der Waals surface area contributed by atoms with Gasteiger partial charge in [0.15, 0.2) is 11.6 Å². The molecule has 2 fully saturated rings. The Balaban J connectivity index is 1.23. The summed E-state index contributed by atoms with van der Waals surface area (Å²) in [6.07, 6.45) is 7.24. The number of rotatable bonds is 12. The van der Waals surface area contributed by atoms with Gasteiger partial charge in [0.25, 0.3) is 0 Å². The third-order valence-corrected chi connectivity index (χ3v) is 10.8. The second kappa shape index (κ2) is 14.1. The number of unbranched alkanes of at least 4 members (excludes halogenated alkanes) is 3. The maximum atomic E-state index is 12.0. The molecule has 2 N–H and O–H groups in total. The van der Waals surface area contributed by atoms with Crippen LogP contribution in [0, 0.1) is 0 Å². The Morgan fingerprint density at radius 3 is 2.56 bits per heavy atom. The van der Waals surface area contributed by atoms with Crippen LogP contribution in [0.2, 0.25) is 0 Å². The van der Waals surface area contributed by atoms with E-state index in [2.05, 4.69) is 28.1 Å². The predicted molar refractivity (Wildman–Crippen MR) is 174 cm³/mol. The van der Waals surface area contributed by atoms with Crippen molar-refractivity contribution in [3.63, 3.8) is 0 Å². The number of thiophene rings is 1. The number of morpholine rings is 1. The second-order valence-electron chi connectivity index (χ2n) is 11.7. The van der Waals surface area contributed by atoms with Gasteiger partial charge in [-0.15, -0.1) is 11.3 Å². The molecule has 2 aliphatic rings. The van der Waals surface area contributed by atoms with Crippen molar-refractivity contribution in [2.45, 2.75) is 45.2 Å². The standard InChI is InChI=1S/C30H40N8O5S2/c1-45(41,42)38-13-11-35(12-14-38)20-22-19-26-28(44-22)30(36-15-17-43-18-16-36)32-29(31-26)23-7-6-8-25-24(23)21-37(33-25)10-5-3-2-4-9-27(39)34-40/h6-8,19,21,40H,2-5,9-18,20H2,1H3,(H,34,39). The van der Waals surface area contributed by atoms with Crippen molar-refractivity contribution >= 4 is 54.2 Å². The third-order valence-electron chi connectivity index (χ3n) is 8.40. The minimum Gasteiger partial charge on any atom is -0.378 e. The number of amides is 1. The van der Waals surface area contributed by atoms with Crippen molar-refractivity contribution in [3.05, 3.63) is 35.3 Å². The number of nitrogens with one attached hydrogen (secondary N) is 1. The molecule has 4 aromatic rings. The molecule has 0 spiro atoms. The quantitative estimate of drug-likeness (QED) is 0.133. The van der Waals surface area contributed by atoms with Crippen LogP contribution in [0.5, 0.6) is 0 Å². The number of carbonyl (C=O) groups excluding carboxylic acids is 1. The van der Waals surface area contributed by atoms with E-state index in [1.807, 2.05) is 16.8 Å². The summed E-state index contributed by atoms with van der Waals surface area (Å²) in [6, 6.07) is 8.22. The zero-order valence-electron chi connectivity index (χ0n) is 25.5. The largest absolute Gasteiger partial charge is 0.378 e. The van der Waals surface area contributed by atoms with E-state index in [1.54, 1.807) is 21.1 Å². The van der Waals surface area contributed by atoms with Gasteiger partial charge >= 0.3 is 0 Å². The highest BCUT2D eigenvalue weighted by Crippen LogP contribution is 2.36. The highest BCUT2D eigenvalue weighted by Gasteiger charge is 2.25. The number of aryl methyl sites for hydroxylation is 1. The van der Waals surface area contributed by atoms with Crippen LogP contribution in [0.15, 0.2) is 30.5 Å². The number of anilines is 1. The van der Waals surface area contributed by atoms with E-state index >= 15 is 0 Å². The first-order valence-electron chi connectivity index (χ1n) is 15.5. The summed E-state index contributed by atoms with van der Waals surface area (Å²) < 4.78 is 34.1. The predicted octanol–water partition coefficient (Wildman–Crippen LogP) is 3.08. The number of hydrogen-bond acceptors (Lipinski definition) is 11. The minimum absolute atomic E-state index is 0.330. The molecule has 5 heterocycles. The van der Waals surface area contributed by atoms with Gasteiger partial charge in [-0.3, -0.25) is 19.6 Å². The molecular weight excluding hydrogens is 617 g/mol. The molecule has 0 saturated carbocycles. The molecular formula is C30H40N8O5S2. The molecule has 0 atom stereocenters. The van der Waals surface area contributed by atoms with Crippen molar-refractivity contribution < 1.29 is 23.2 Å². The summed E-state index contributed by atoms with van der Waals surface area (Å²) in [4.78, 5) is 27.2. The Morgan fingerprint density at radius 1 is 1.02 bits per heavy atom. The Morgan fingerprint density at radius 2 is 1.80 bits per heavy atom. The SMILES string of the molecule is CS(=O)(=O)N1CCN(Cc2cc3nc(-c4cccc5nn(CCCCCCC(=O)NO)cc45)nc(N4CCOCC4)c3s2)CC1. The lowest BCUT2D eigenvalue weighted by atomic mass is 10.1. The molecule has 2 aliphatic heterocycles. The molecule has 242 valence electrons. The van der Waals surface area contributed by atoms with Gasteiger partial charge in [-0.2, -0.15) is 9.40 Å². The molecule has 15 heteroatoms. The average molecular weight is 657 g/mol. The summed E-state index contributed by atoms with van der Waals surface area (Å²) in [6.45, 7) is 6.75. The monoisotopic (exact) mass is 656 g/mol. The highest BCUT2D eigenvalue weighted by molar-refractivity contribution is 7.88. The van der Waals surface area contributed by atoms with E-state index < -0.39 is 10.0 Å². The van der Waals surface area contributed by atoms with Gasteiger partial charge in [0.2, 0.25) is 15.9 Å². The summed E-state index contributed by atoms with van der Waals surface area (Å²) in [7, 11) is -3.17. The van der Waals surface area contributed by atoms with Crippen molar-refractivity contribution in [1.82, 2.24) is 34.4 Å². The molecule has 6 rings (SSSR count). The number of piperazine rings is 1. The fourth-order valence-corrected chi connectivity index (χ4v) is 7.94. The summed E-state index contributed by atoms with van der Waals surface area (Å²) in [5.41, 5.74) is 4.42. The number of benzene rings is 1. The van der Waals surface area contributed by atoms with Crippen LogP contribution >= 0.6 is 11.3 Å². The van der Waals surface area contributed by atoms with Crippen LogP contribution in [-0.4, -0.2) is 107 Å². The maximum Gasteiger partial charge on any atom is 0.243 e. The number of fused-ring (bicyclic) bond motifs is 2. The van der Waals surface area contributed by atoms with Crippen molar-refractivity contribution in [2.75, 3.05) is 63.6 Å². The van der Waals surface area contributed by atoms with E-state index in [9.17, 15) is 13.2 Å². The Kier molecular flexibility index (Phi) is 9.92. The number of ether oxygens (including phenoxy) is 1. The van der Waals surface area contributed by atoms with Gasteiger partial charge in [-0.25, -0.2) is 23.9 Å². The summed E-state index contributed by atoms with van der Waals surface area (Å²) >= 11 is 1.71. The lowest BCUT2D eigenvalue weighted by Crippen LogP contribution is -2.47. The van der Waals surface area contributed by atoms with Crippen LogP contribution in [-0.2, 0) is 32.6 Å². The van der Waals surface area contributed by atoms with E-state index in [1.165, 1.54) is 11.1 Å². The van der Waals surface area contributed by atoms with Crippen LogP contribution in [0.4, 0.5) is 5.82 Å². The van der Waals surface area contributed by atoms with E-state index in [0.29, 0.717) is 51.6 Å². The third kappa shape index (κ3) is 7.61. The maximum absolute atomic E-state index is 12.0. The smallest absolute Gasteiger partial charge is 0.243 e. The zero-order valence-corrected chi connectivity index (χ0v) is 27.2. The summed E-state index contributed by atoms with van der Waals surface area (Å²) in [5.74, 6) is 1.25. The molecule has 3 aromatic heterocycles. The van der Waals surface area contributed by atoms with Crippen molar-refractivity contribution in [1.29, 1.82) is 0 Å². The number of aromatic nitrogens is 4. The van der Waals surface area contributed by atoms with Crippen LogP contribution in [0.1, 0.15) is 37.0 Å². The fraction of sp³-hybridized carbons (Fsp3) is 0.533. The topological polar surface area (TPSA) is 146 Å². The molecule has 0 unspecified atom stereocenters. The van der Waals surface area contributed by atoms with Gasteiger partial charge in [0.1, 0.15) is 0 Å². The molecule has 2 saturated heterocycles. The van der Waals surface area contributed by atoms with Crippen LogP contribution < -0.4 is 10.4 Å². The molecule has 0 aliphatic carbocycles. The Labute approximate surface area is 266 Å². The molecule has 0 radical (unpaired) electrons. The van der Waals surface area contributed by atoms with E-state index in [4.69, 9.17) is 25.0 Å². The average Bonchev–Trinajstić information content (AvgIpc) is 3.65. The first-order chi connectivity index (χ1) is 21.8. The van der Waals surface area contributed by atoms with E-state index in [0.717, 1.165) is 84.4 Å². The number of hydroxylamine groups is 1. The Hall–Kier alpha value is -3.21. The number of hydrogen-bond donors (Lipinski definition) is 2. The number of carbonyl (C=O) groups is 1. The zero-order chi connectivity index (χ0) is 31.4. The van der Waals surface area contributed by atoms with Gasteiger partial charge in [0, 0.05) is 80.8 Å². The lowest BCUT2D eigenvalue weighted by molar-refractivity contribution is -0.129. The summed E-state index contributed by atoms with van der Waals surface area (Å²) in [5, 5.41) is 14.5. The minimum atomic E-state index is -3.17. The van der Waals surface area contributed by atoms with Crippen molar-refractivity contribution in [3.8, 4) is 11.4 Å². The number of nitrogens with zero attached hydrogens (tertiary/aromatic N) is 7. The first-order valence-corrected chi connectivity index (χ1v) is 18.1. The van der Waals surface area contributed by atoms with Crippen LogP contribution in [0.3, 0.4) is 0 Å². The van der Waals surface area contributed by atoms with Gasteiger partial charge in [0.05, 0.1) is 35.2 Å². The van der Waals surface area contributed by atoms with Gasteiger partial charge < -0.3 is 9.64 Å². The first kappa shape index (κ1) is 31.8. The molecule has 45 heavy (non-hydrogen) atoms. The molecule has 1 aromatic carbocycles. The van der Waals surface area contributed by atoms with Gasteiger partial charge in [-0.05, 0) is 25.0 Å².